The molecule has 0 aliphatic heterocycles. The summed E-state index contributed by atoms with van der Waals surface area (Å²) in [7, 11) is 0. The van der Waals surface area contributed by atoms with Crippen LogP contribution in [0.15, 0.2) is 33.0 Å². The molecule has 0 atom stereocenters. The quantitative estimate of drug-likeness (QED) is 0.486. The number of benzene rings is 1. The first-order valence-electron chi connectivity index (χ1n) is 7.95. The van der Waals surface area contributed by atoms with Crippen LogP contribution in [0.3, 0.4) is 0 Å². The van der Waals surface area contributed by atoms with Crippen LogP contribution >= 0.6 is 11.3 Å². The van der Waals surface area contributed by atoms with Crippen molar-refractivity contribution < 1.29 is 26.4 Å². The molecule has 0 amide bonds. The Labute approximate surface area is 160 Å². The number of rotatable bonds is 5. The molecule has 6 nitrogen and oxygen atoms in total. The molecule has 1 aromatic carbocycles. The molecule has 2 N–H and O–H groups in total. The average Bonchev–Trinajstić information content (AvgIpc) is 3.02. The van der Waals surface area contributed by atoms with Crippen LogP contribution in [0.4, 0.5) is 0 Å². The summed E-state index contributed by atoms with van der Waals surface area (Å²) < 4.78 is 10.9. The maximum Gasteiger partial charge on any atom is 0.325 e. The monoisotopic (exact) mass is 393 g/mol. The van der Waals surface area contributed by atoms with Gasteiger partial charge in [0.05, 0.1) is 17.5 Å². The zero-order valence-electron chi connectivity index (χ0n) is 14.4. The van der Waals surface area contributed by atoms with Gasteiger partial charge < -0.3 is 27.3 Å². The highest BCUT2D eigenvalue weighted by Gasteiger charge is 2.16. The van der Waals surface area contributed by atoms with Gasteiger partial charge in [-0.25, -0.2) is 4.98 Å². The summed E-state index contributed by atoms with van der Waals surface area (Å²) in [6.45, 7) is 3.67. The standard InChI is InChI=1S/C18H18N2O4S.ClH/c1-3-4-11-5-12-15(6-14(11)24-16(21)7-19)23-8-13(17(12)22)18-20-10(2)9-25-18;/h5-6,8-9H,3-4,7,19H2,1-2H3;1H/p-1. The fraction of sp³-hybridized carbons (Fsp3) is 0.278. The smallest absolute Gasteiger partial charge is 0.325 e. The van der Waals surface area contributed by atoms with Crippen LogP contribution in [0.5, 0.6) is 5.75 Å². The van der Waals surface area contributed by atoms with Gasteiger partial charge in [-0.2, -0.15) is 0 Å². The molecule has 0 saturated heterocycles. The largest absolute Gasteiger partial charge is 1.00 e. The predicted molar refractivity (Wildman–Crippen MR) is 97.0 cm³/mol. The van der Waals surface area contributed by atoms with Gasteiger partial charge in [0.15, 0.2) is 0 Å². The molecular formula is C18H18ClN2O4S-. The maximum absolute atomic E-state index is 12.9. The molecule has 0 spiro atoms. The molecule has 138 valence electrons. The third-order valence-electron chi connectivity index (χ3n) is 3.71. The Morgan fingerprint density at radius 3 is 2.77 bits per heavy atom. The molecule has 26 heavy (non-hydrogen) atoms. The highest BCUT2D eigenvalue weighted by Crippen LogP contribution is 2.29. The number of carbonyl (C=O) groups is 1. The Balaban J connectivity index is 0.00000243. The van der Waals surface area contributed by atoms with Gasteiger partial charge in [-0.3, -0.25) is 9.59 Å². The van der Waals surface area contributed by atoms with E-state index < -0.39 is 5.97 Å². The highest BCUT2D eigenvalue weighted by molar-refractivity contribution is 7.13. The first-order chi connectivity index (χ1) is 12.0. The van der Waals surface area contributed by atoms with Gasteiger partial charge in [-0.05, 0) is 25.0 Å². The highest BCUT2D eigenvalue weighted by atomic mass is 35.5. The Morgan fingerprint density at radius 2 is 2.15 bits per heavy atom. The van der Waals surface area contributed by atoms with Crippen molar-refractivity contribution in [1.82, 2.24) is 4.98 Å². The van der Waals surface area contributed by atoms with Crippen molar-refractivity contribution in [1.29, 1.82) is 0 Å². The summed E-state index contributed by atoms with van der Waals surface area (Å²) in [5, 5.41) is 2.96. The number of ether oxygens (including phenoxy) is 1. The van der Waals surface area contributed by atoms with E-state index >= 15 is 0 Å². The number of esters is 1. The number of aromatic nitrogens is 1. The van der Waals surface area contributed by atoms with Crippen LogP contribution in [-0.2, 0) is 11.2 Å². The molecule has 0 bridgehead atoms. The summed E-state index contributed by atoms with van der Waals surface area (Å²) in [5.74, 6) is -0.153. The van der Waals surface area contributed by atoms with E-state index in [0.29, 0.717) is 33.7 Å². The van der Waals surface area contributed by atoms with Gasteiger partial charge >= 0.3 is 5.97 Å². The van der Waals surface area contributed by atoms with Crippen molar-refractivity contribution in [2.45, 2.75) is 26.7 Å². The second kappa shape index (κ2) is 8.44. The number of aryl methyl sites for hydroxylation is 2. The molecule has 8 heteroatoms. The topological polar surface area (TPSA) is 95.4 Å². The zero-order chi connectivity index (χ0) is 18.0. The number of nitrogens with two attached hydrogens (primary N) is 1. The van der Waals surface area contributed by atoms with E-state index in [0.717, 1.165) is 17.7 Å². The van der Waals surface area contributed by atoms with Crippen LogP contribution in [0.1, 0.15) is 24.6 Å². The Bertz CT molecular complexity index is 997. The van der Waals surface area contributed by atoms with Crippen molar-refractivity contribution >= 4 is 28.3 Å². The number of hydrogen-bond acceptors (Lipinski definition) is 7. The van der Waals surface area contributed by atoms with Gasteiger partial charge in [0.1, 0.15) is 22.6 Å². The van der Waals surface area contributed by atoms with E-state index in [1.807, 2.05) is 19.2 Å². The van der Waals surface area contributed by atoms with Gasteiger partial charge in [0, 0.05) is 17.1 Å². The van der Waals surface area contributed by atoms with Crippen molar-refractivity contribution in [2.24, 2.45) is 5.73 Å². The van der Waals surface area contributed by atoms with Crippen LogP contribution in [0.2, 0.25) is 0 Å². The van der Waals surface area contributed by atoms with Gasteiger partial charge in [0.25, 0.3) is 0 Å². The van der Waals surface area contributed by atoms with Gasteiger partial charge in [-0.15, -0.1) is 11.3 Å². The minimum Gasteiger partial charge on any atom is -1.00 e. The molecule has 3 rings (SSSR count). The lowest BCUT2D eigenvalue weighted by Crippen LogP contribution is -3.00. The Hall–Kier alpha value is -2.22. The van der Waals surface area contributed by atoms with Crippen molar-refractivity contribution in [3.8, 4) is 16.3 Å². The lowest BCUT2D eigenvalue weighted by atomic mass is 10.0. The predicted octanol–water partition coefficient (Wildman–Crippen LogP) is 0.0455. The molecule has 0 fully saturated rings. The van der Waals surface area contributed by atoms with E-state index in [9.17, 15) is 9.59 Å². The number of hydrogen-bond donors (Lipinski definition) is 1. The van der Waals surface area contributed by atoms with Crippen LogP contribution in [-0.4, -0.2) is 17.5 Å². The van der Waals surface area contributed by atoms with E-state index in [1.165, 1.54) is 17.6 Å². The van der Waals surface area contributed by atoms with Crippen LogP contribution in [0, 0.1) is 6.92 Å². The number of halogens is 1. The number of carbonyl (C=O) groups excluding carboxylic acids is 1. The molecule has 0 saturated carbocycles. The lowest BCUT2D eigenvalue weighted by Gasteiger charge is -2.10. The third kappa shape index (κ3) is 3.95. The van der Waals surface area contributed by atoms with E-state index in [2.05, 4.69) is 4.98 Å². The Morgan fingerprint density at radius 1 is 1.38 bits per heavy atom. The molecule has 0 unspecified atom stereocenters. The van der Waals surface area contributed by atoms with Crippen LogP contribution < -0.4 is 28.3 Å². The number of fused-ring (bicyclic) bond motifs is 1. The summed E-state index contributed by atoms with van der Waals surface area (Å²) in [4.78, 5) is 28.7. The molecule has 3 aromatic rings. The SMILES string of the molecule is CCCc1cc2c(=O)c(-c3nc(C)cs3)coc2cc1OC(=O)CN.[Cl-]. The fourth-order valence-electron chi connectivity index (χ4n) is 2.55. The molecule has 2 aromatic heterocycles. The summed E-state index contributed by atoms with van der Waals surface area (Å²) >= 11 is 1.40. The molecule has 0 radical (unpaired) electrons. The Kier molecular flexibility index (Phi) is 6.52. The van der Waals surface area contributed by atoms with Crippen molar-refractivity contribution in [2.75, 3.05) is 6.54 Å². The summed E-state index contributed by atoms with van der Waals surface area (Å²) in [5.41, 5.74) is 7.59. The van der Waals surface area contributed by atoms with Crippen molar-refractivity contribution in [3.63, 3.8) is 0 Å². The maximum atomic E-state index is 12.9. The second-order valence-electron chi connectivity index (χ2n) is 5.66. The van der Waals surface area contributed by atoms with E-state index in [4.69, 9.17) is 14.9 Å². The molecule has 0 aliphatic rings. The van der Waals surface area contributed by atoms with Crippen LogP contribution in [0.25, 0.3) is 21.5 Å². The summed E-state index contributed by atoms with van der Waals surface area (Å²) in [6, 6.07) is 3.31. The molecule has 2 heterocycles. The van der Waals surface area contributed by atoms with E-state index in [1.54, 1.807) is 12.1 Å². The zero-order valence-corrected chi connectivity index (χ0v) is 15.9. The second-order valence-corrected chi connectivity index (χ2v) is 6.51. The fourth-order valence-corrected chi connectivity index (χ4v) is 3.35. The minimum atomic E-state index is -0.533. The molecule has 0 aliphatic carbocycles. The van der Waals surface area contributed by atoms with E-state index in [-0.39, 0.29) is 24.4 Å². The third-order valence-corrected chi connectivity index (χ3v) is 4.71. The van der Waals surface area contributed by atoms with Gasteiger partial charge in [-0.1, -0.05) is 13.3 Å². The lowest BCUT2D eigenvalue weighted by molar-refractivity contribution is -0.132. The minimum absolute atomic E-state index is 0. The molecular weight excluding hydrogens is 376 g/mol. The van der Waals surface area contributed by atoms with Gasteiger partial charge in [0.2, 0.25) is 5.43 Å². The summed E-state index contributed by atoms with van der Waals surface area (Å²) in [6.07, 6.45) is 2.91. The first kappa shape index (κ1) is 20.1. The normalized spacial score (nSPS) is 10.6. The van der Waals surface area contributed by atoms with Crippen molar-refractivity contribution in [3.05, 3.63) is 45.3 Å². The number of nitrogens with zero attached hydrogens (tertiary/aromatic N) is 1. The average molecular weight is 394 g/mol. The first-order valence-corrected chi connectivity index (χ1v) is 8.83. The number of thiazole rings is 1.